The van der Waals surface area contributed by atoms with Crippen LogP contribution in [0.3, 0.4) is 0 Å². The van der Waals surface area contributed by atoms with Crippen molar-refractivity contribution in [3.8, 4) is 0 Å². The predicted octanol–water partition coefficient (Wildman–Crippen LogP) is 0.0321. The summed E-state index contributed by atoms with van der Waals surface area (Å²) in [6, 6.07) is -0.540. The normalized spacial score (nSPS) is 31.8. The number of aliphatic hydroxyl groups excluding tert-OH is 1. The number of urea groups is 1. The van der Waals surface area contributed by atoms with Crippen molar-refractivity contribution in [2.75, 3.05) is 0 Å². The molecular formula is C13H18N4O4. The van der Waals surface area contributed by atoms with E-state index in [1.807, 2.05) is 0 Å². The number of hydrogen-bond acceptors (Lipinski definition) is 5. The van der Waals surface area contributed by atoms with Crippen LogP contribution in [-0.2, 0) is 22.1 Å². The van der Waals surface area contributed by atoms with Crippen LogP contribution in [-0.4, -0.2) is 43.5 Å². The van der Waals surface area contributed by atoms with Gasteiger partial charge < -0.3 is 14.4 Å². The number of imidazole rings is 1. The fourth-order valence-electron chi connectivity index (χ4n) is 3.32. The highest BCUT2D eigenvalue weighted by atomic mass is 16.6. The van der Waals surface area contributed by atoms with E-state index in [-0.39, 0.29) is 12.8 Å². The van der Waals surface area contributed by atoms with E-state index in [9.17, 15) is 14.7 Å². The third kappa shape index (κ3) is 1.79. The SMILES string of the molecule is Cn1ccnc1C12CCC(O)OC(C)(C)N1C(=O)NC2=O. The van der Waals surface area contributed by atoms with Gasteiger partial charge in [0.15, 0.2) is 11.8 Å². The maximum atomic E-state index is 12.6. The standard InChI is InChI=1S/C13H18N4O4/c1-12(2)17-11(20)15-10(19)13(17,5-4-8(18)21-12)9-14-6-7-16(9)3/h6-8,18H,4-5H2,1-3H3,(H,15,19,20). The molecule has 1 aromatic rings. The fraction of sp³-hybridized carbons (Fsp3) is 0.615. The lowest BCUT2D eigenvalue weighted by molar-refractivity contribution is -0.213. The number of ether oxygens (including phenoxy) is 1. The number of hydrogen-bond donors (Lipinski definition) is 2. The maximum absolute atomic E-state index is 12.6. The molecule has 0 aliphatic carbocycles. The van der Waals surface area contributed by atoms with Crippen molar-refractivity contribution in [3.05, 3.63) is 18.2 Å². The zero-order valence-electron chi connectivity index (χ0n) is 12.2. The van der Waals surface area contributed by atoms with Gasteiger partial charge in [-0.05, 0) is 20.3 Å². The summed E-state index contributed by atoms with van der Waals surface area (Å²) in [7, 11) is 1.76. The van der Waals surface area contributed by atoms with Gasteiger partial charge in [-0.25, -0.2) is 9.78 Å². The van der Waals surface area contributed by atoms with Gasteiger partial charge in [-0.15, -0.1) is 0 Å². The zero-order valence-corrected chi connectivity index (χ0v) is 12.2. The second-order valence-corrected chi connectivity index (χ2v) is 5.87. The lowest BCUT2D eigenvalue weighted by Crippen LogP contribution is -2.57. The molecule has 0 aromatic carbocycles. The Morgan fingerprint density at radius 1 is 1.48 bits per heavy atom. The Hall–Kier alpha value is -1.93. The van der Waals surface area contributed by atoms with Crippen molar-refractivity contribution in [1.29, 1.82) is 0 Å². The van der Waals surface area contributed by atoms with Gasteiger partial charge in [-0.3, -0.25) is 15.0 Å². The molecule has 21 heavy (non-hydrogen) atoms. The summed E-state index contributed by atoms with van der Waals surface area (Å²) in [4.78, 5) is 30.5. The summed E-state index contributed by atoms with van der Waals surface area (Å²) in [5.41, 5.74) is -2.41. The van der Waals surface area contributed by atoms with Gasteiger partial charge in [0.2, 0.25) is 0 Å². The van der Waals surface area contributed by atoms with Crippen LogP contribution in [0.25, 0.3) is 0 Å². The lowest BCUT2D eigenvalue weighted by Gasteiger charge is -2.41. The molecular weight excluding hydrogens is 276 g/mol. The summed E-state index contributed by atoms with van der Waals surface area (Å²) < 4.78 is 7.23. The number of fused-ring (bicyclic) bond motifs is 1. The Kier molecular flexibility index (Phi) is 2.86. The molecule has 2 N–H and O–H groups in total. The van der Waals surface area contributed by atoms with Gasteiger partial charge in [0, 0.05) is 25.9 Å². The highest BCUT2D eigenvalue weighted by molar-refractivity contribution is 6.07. The molecule has 8 nitrogen and oxygen atoms in total. The Balaban J connectivity index is 2.24. The number of carbonyl (C=O) groups excluding carboxylic acids is 2. The van der Waals surface area contributed by atoms with Gasteiger partial charge in [0.25, 0.3) is 5.91 Å². The molecule has 2 atom stereocenters. The summed E-state index contributed by atoms with van der Waals surface area (Å²) in [5.74, 6) is 0.0178. The van der Waals surface area contributed by atoms with Crippen LogP contribution in [0.15, 0.2) is 12.4 Å². The van der Waals surface area contributed by atoms with E-state index in [4.69, 9.17) is 4.74 Å². The molecule has 2 fully saturated rings. The smallest absolute Gasteiger partial charge is 0.327 e. The minimum atomic E-state index is -1.27. The van der Waals surface area contributed by atoms with Crippen molar-refractivity contribution in [1.82, 2.24) is 19.8 Å². The first-order valence-corrected chi connectivity index (χ1v) is 6.78. The zero-order chi connectivity index (χ0) is 15.4. The molecule has 3 rings (SSSR count). The predicted molar refractivity (Wildman–Crippen MR) is 70.7 cm³/mol. The van der Waals surface area contributed by atoms with Crippen LogP contribution in [0.2, 0.25) is 0 Å². The molecule has 0 bridgehead atoms. The van der Waals surface area contributed by atoms with Crippen LogP contribution in [0.5, 0.6) is 0 Å². The highest BCUT2D eigenvalue weighted by Crippen LogP contribution is 2.44. The van der Waals surface area contributed by atoms with Crippen LogP contribution in [0.4, 0.5) is 4.79 Å². The average molecular weight is 294 g/mol. The summed E-state index contributed by atoms with van der Waals surface area (Å²) in [6.45, 7) is 3.30. The second kappa shape index (κ2) is 4.28. The number of amides is 3. The summed E-state index contributed by atoms with van der Waals surface area (Å²) >= 11 is 0. The monoisotopic (exact) mass is 294 g/mol. The van der Waals surface area contributed by atoms with Crippen LogP contribution in [0.1, 0.15) is 32.5 Å². The molecule has 0 radical (unpaired) electrons. The van der Waals surface area contributed by atoms with Gasteiger partial charge in [0.05, 0.1) is 0 Å². The Morgan fingerprint density at radius 3 is 2.81 bits per heavy atom. The Morgan fingerprint density at radius 2 is 2.19 bits per heavy atom. The van der Waals surface area contributed by atoms with Crippen molar-refractivity contribution < 1.29 is 19.4 Å². The third-order valence-corrected chi connectivity index (χ3v) is 4.09. The molecule has 0 saturated carbocycles. The molecule has 2 saturated heterocycles. The van der Waals surface area contributed by atoms with Crippen molar-refractivity contribution >= 4 is 11.9 Å². The number of nitrogens with one attached hydrogen (secondary N) is 1. The molecule has 1 aromatic heterocycles. The number of aliphatic hydroxyl groups is 1. The molecule has 3 heterocycles. The first-order chi connectivity index (χ1) is 9.79. The van der Waals surface area contributed by atoms with Crippen LogP contribution < -0.4 is 5.32 Å². The van der Waals surface area contributed by atoms with Crippen molar-refractivity contribution in [2.24, 2.45) is 7.05 Å². The number of aryl methyl sites for hydroxylation is 1. The molecule has 2 unspecified atom stereocenters. The number of imide groups is 1. The molecule has 114 valence electrons. The Bertz CT molecular complexity index is 611. The Labute approximate surface area is 121 Å². The van der Waals surface area contributed by atoms with E-state index >= 15 is 0 Å². The highest BCUT2D eigenvalue weighted by Gasteiger charge is 2.62. The van der Waals surface area contributed by atoms with Gasteiger partial charge in [0.1, 0.15) is 11.5 Å². The van der Waals surface area contributed by atoms with E-state index < -0.39 is 29.5 Å². The minimum Gasteiger partial charge on any atom is -0.368 e. The minimum absolute atomic E-state index is 0.230. The fourth-order valence-corrected chi connectivity index (χ4v) is 3.32. The quantitative estimate of drug-likeness (QED) is 0.712. The van der Waals surface area contributed by atoms with E-state index in [0.717, 1.165) is 0 Å². The number of aromatic nitrogens is 2. The van der Waals surface area contributed by atoms with Gasteiger partial charge >= 0.3 is 6.03 Å². The molecule has 2 aliphatic heterocycles. The largest absolute Gasteiger partial charge is 0.368 e. The summed E-state index contributed by atoms with van der Waals surface area (Å²) in [6.07, 6.45) is 2.72. The van der Waals surface area contributed by atoms with E-state index in [2.05, 4.69) is 10.3 Å². The number of carbonyl (C=O) groups is 2. The van der Waals surface area contributed by atoms with Gasteiger partial charge in [-0.2, -0.15) is 0 Å². The first kappa shape index (κ1) is 14.0. The lowest BCUT2D eigenvalue weighted by atomic mass is 9.89. The van der Waals surface area contributed by atoms with E-state index in [1.54, 1.807) is 37.9 Å². The molecule has 2 aliphatic rings. The topological polar surface area (TPSA) is 96.7 Å². The second-order valence-electron chi connectivity index (χ2n) is 5.87. The third-order valence-electron chi connectivity index (χ3n) is 4.09. The van der Waals surface area contributed by atoms with Gasteiger partial charge in [-0.1, -0.05) is 0 Å². The van der Waals surface area contributed by atoms with Crippen LogP contribution >= 0.6 is 0 Å². The number of rotatable bonds is 1. The average Bonchev–Trinajstić information content (AvgIpc) is 2.85. The molecule has 3 amide bonds. The molecule has 0 spiro atoms. The maximum Gasteiger partial charge on any atom is 0.327 e. The number of nitrogens with zero attached hydrogens (tertiary/aromatic N) is 3. The van der Waals surface area contributed by atoms with Crippen molar-refractivity contribution in [2.45, 2.75) is 44.2 Å². The van der Waals surface area contributed by atoms with Crippen molar-refractivity contribution in [3.63, 3.8) is 0 Å². The summed E-state index contributed by atoms with van der Waals surface area (Å²) in [5, 5.41) is 12.3. The van der Waals surface area contributed by atoms with E-state index in [1.165, 1.54) is 4.90 Å². The van der Waals surface area contributed by atoms with Crippen LogP contribution in [0, 0.1) is 0 Å². The van der Waals surface area contributed by atoms with E-state index in [0.29, 0.717) is 5.82 Å². The molecule has 8 heteroatoms. The first-order valence-electron chi connectivity index (χ1n) is 6.78.